The van der Waals surface area contributed by atoms with E-state index in [2.05, 4.69) is 32.3 Å². The minimum Gasteiger partial charge on any atom is -0.474 e. The van der Waals surface area contributed by atoms with E-state index in [9.17, 15) is 19.2 Å². The molecule has 3 aromatic rings. The van der Waals surface area contributed by atoms with E-state index in [4.69, 9.17) is 14.2 Å². The van der Waals surface area contributed by atoms with E-state index < -0.39 is 29.6 Å². The fourth-order valence-corrected chi connectivity index (χ4v) is 6.20. The van der Waals surface area contributed by atoms with Crippen molar-refractivity contribution in [1.29, 1.82) is 0 Å². The van der Waals surface area contributed by atoms with Gasteiger partial charge in [0, 0.05) is 63.9 Å². The average Bonchev–Trinajstić information content (AvgIpc) is 3.14. The molecule has 1 unspecified atom stereocenters. The molecule has 2 fully saturated rings. The summed E-state index contributed by atoms with van der Waals surface area (Å²) in [6.45, 7) is 11.0. The summed E-state index contributed by atoms with van der Waals surface area (Å²) in [5, 5.41) is 2.85. The van der Waals surface area contributed by atoms with Gasteiger partial charge in [-0.1, -0.05) is 60.7 Å². The summed E-state index contributed by atoms with van der Waals surface area (Å²) < 4.78 is 17.0. The molecule has 2 aromatic carbocycles. The van der Waals surface area contributed by atoms with Gasteiger partial charge >= 0.3 is 12.1 Å². The Labute approximate surface area is 305 Å². The number of likely N-dealkylation sites (tertiary alicyclic amines) is 1. The highest BCUT2D eigenvalue weighted by Crippen LogP contribution is 2.24. The number of ether oxygens (including phenoxy) is 3. The Morgan fingerprint density at radius 1 is 0.865 bits per heavy atom. The number of rotatable bonds is 12. The van der Waals surface area contributed by atoms with Crippen LogP contribution in [0.15, 0.2) is 66.7 Å². The number of piperidine rings is 1. The van der Waals surface area contributed by atoms with Crippen molar-refractivity contribution in [3.05, 3.63) is 78.0 Å². The maximum absolute atomic E-state index is 14.0. The van der Waals surface area contributed by atoms with Gasteiger partial charge in [0.05, 0.1) is 6.61 Å². The molecule has 2 aliphatic rings. The molecule has 278 valence electrons. The molecule has 0 saturated carbocycles. The Bertz CT molecular complexity index is 1650. The number of esters is 1. The van der Waals surface area contributed by atoms with Crippen molar-refractivity contribution in [2.45, 2.75) is 77.7 Å². The minimum absolute atomic E-state index is 0.0130. The number of carbonyl (C=O) groups is 4. The van der Waals surface area contributed by atoms with E-state index in [1.165, 1.54) is 11.6 Å². The molecule has 1 N–H and O–H groups in total. The molecular formula is C39H50N6O7. The van der Waals surface area contributed by atoms with E-state index in [0.29, 0.717) is 11.4 Å². The van der Waals surface area contributed by atoms with Crippen LogP contribution in [-0.2, 0) is 25.6 Å². The van der Waals surface area contributed by atoms with E-state index >= 15 is 0 Å². The van der Waals surface area contributed by atoms with Crippen molar-refractivity contribution in [3.8, 4) is 17.3 Å². The largest absolute Gasteiger partial charge is 0.474 e. The van der Waals surface area contributed by atoms with Gasteiger partial charge in [-0.15, -0.1) is 0 Å². The average molecular weight is 715 g/mol. The Hall–Kier alpha value is -5.04. The molecule has 0 bridgehead atoms. The Kier molecular flexibility index (Phi) is 13.2. The quantitative estimate of drug-likeness (QED) is 0.262. The second-order valence-electron chi connectivity index (χ2n) is 14.0. The summed E-state index contributed by atoms with van der Waals surface area (Å²) in [6.07, 6.45) is 0.982. The number of nitrogens with one attached hydrogen (secondary N) is 1. The van der Waals surface area contributed by atoms with Gasteiger partial charge in [-0.05, 0) is 52.5 Å². The van der Waals surface area contributed by atoms with Gasteiger partial charge in [-0.2, -0.15) is 4.98 Å². The highest BCUT2D eigenvalue weighted by Gasteiger charge is 2.32. The first-order chi connectivity index (χ1) is 25.0. The molecular weight excluding hydrogens is 664 g/mol. The standard InChI is InChI=1S/C39H50N6O7/c1-5-50-38(49)45-24-22-44(23-25-45)37(48)31(16-17-34(46)52-39(2,3)4)41-36(47)32-26-33(42-35(40-32)29-14-10-7-11-15-29)51-30-18-20-43(21-19-30)27-28-12-8-6-9-13-28/h6-15,26,30-31H,5,16-25,27H2,1-4H3,(H,41,47). The van der Waals surface area contributed by atoms with Crippen LogP contribution in [0.25, 0.3) is 11.4 Å². The molecule has 3 amide bonds. The molecule has 0 radical (unpaired) electrons. The normalized spacial score (nSPS) is 16.2. The lowest BCUT2D eigenvalue weighted by Crippen LogP contribution is -2.56. The monoisotopic (exact) mass is 714 g/mol. The molecule has 52 heavy (non-hydrogen) atoms. The SMILES string of the molecule is CCOC(=O)N1CCN(C(=O)C(CCC(=O)OC(C)(C)C)NC(=O)c2cc(OC3CCN(Cc4ccccc4)CC3)nc(-c3ccccc3)n2)CC1. The Morgan fingerprint density at radius 2 is 1.50 bits per heavy atom. The fourth-order valence-electron chi connectivity index (χ4n) is 6.20. The van der Waals surface area contributed by atoms with Crippen LogP contribution in [0.3, 0.4) is 0 Å². The first-order valence-electron chi connectivity index (χ1n) is 18.1. The summed E-state index contributed by atoms with van der Waals surface area (Å²) in [7, 11) is 0. The lowest BCUT2D eigenvalue weighted by molar-refractivity contribution is -0.155. The first-order valence-corrected chi connectivity index (χ1v) is 18.1. The van der Waals surface area contributed by atoms with Crippen molar-refractivity contribution in [1.82, 2.24) is 30.0 Å². The van der Waals surface area contributed by atoms with Crippen LogP contribution in [0.2, 0.25) is 0 Å². The van der Waals surface area contributed by atoms with Crippen LogP contribution < -0.4 is 10.1 Å². The number of nitrogens with zero attached hydrogens (tertiary/aromatic N) is 5. The summed E-state index contributed by atoms with van der Waals surface area (Å²) in [5.74, 6) is -0.861. The lowest BCUT2D eigenvalue weighted by Gasteiger charge is -2.36. The predicted octanol–water partition coefficient (Wildman–Crippen LogP) is 4.71. The summed E-state index contributed by atoms with van der Waals surface area (Å²) in [4.78, 5) is 67.6. The van der Waals surface area contributed by atoms with Crippen molar-refractivity contribution >= 4 is 23.9 Å². The number of piperazine rings is 1. The predicted molar refractivity (Wildman–Crippen MR) is 194 cm³/mol. The second kappa shape index (κ2) is 17.9. The van der Waals surface area contributed by atoms with Crippen molar-refractivity contribution in [2.75, 3.05) is 45.9 Å². The maximum atomic E-state index is 14.0. The van der Waals surface area contributed by atoms with Crippen LogP contribution in [0.4, 0.5) is 4.79 Å². The highest BCUT2D eigenvalue weighted by atomic mass is 16.6. The zero-order valence-corrected chi connectivity index (χ0v) is 30.6. The van der Waals surface area contributed by atoms with E-state index in [0.717, 1.165) is 32.5 Å². The fraction of sp³-hybridized carbons (Fsp3) is 0.487. The third kappa shape index (κ3) is 11.2. The summed E-state index contributed by atoms with van der Waals surface area (Å²) in [5.41, 5.74) is 1.30. The highest BCUT2D eigenvalue weighted by molar-refractivity contribution is 5.97. The smallest absolute Gasteiger partial charge is 0.409 e. The molecule has 2 aliphatic heterocycles. The summed E-state index contributed by atoms with van der Waals surface area (Å²) >= 11 is 0. The number of carbonyl (C=O) groups excluding carboxylic acids is 4. The molecule has 3 heterocycles. The van der Waals surface area contributed by atoms with Crippen LogP contribution in [0.5, 0.6) is 5.88 Å². The molecule has 0 spiro atoms. The van der Waals surface area contributed by atoms with Gasteiger partial charge in [-0.25, -0.2) is 9.78 Å². The third-order valence-electron chi connectivity index (χ3n) is 8.82. The van der Waals surface area contributed by atoms with E-state index in [-0.39, 0.29) is 69.2 Å². The van der Waals surface area contributed by atoms with Crippen molar-refractivity contribution < 1.29 is 33.4 Å². The number of aromatic nitrogens is 2. The van der Waals surface area contributed by atoms with Crippen LogP contribution in [-0.4, -0.2) is 112 Å². The van der Waals surface area contributed by atoms with Gasteiger partial charge in [0.1, 0.15) is 23.4 Å². The first kappa shape index (κ1) is 38.2. The number of benzene rings is 2. The zero-order valence-electron chi connectivity index (χ0n) is 30.6. The van der Waals surface area contributed by atoms with Crippen LogP contribution in [0, 0.1) is 0 Å². The zero-order chi connectivity index (χ0) is 37.1. The van der Waals surface area contributed by atoms with Gasteiger partial charge in [-0.3, -0.25) is 19.3 Å². The van der Waals surface area contributed by atoms with Gasteiger partial charge in [0.15, 0.2) is 5.82 Å². The van der Waals surface area contributed by atoms with Crippen molar-refractivity contribution in [2.24, 2.45) is 0 Å². The van der Waals surface area contributed by atoms with Crippen LogP contribution in [0.1, 0.15) is 69.4 Å². The third-order valence-corrected chi connectivity index (χ3v) is 8.82. The summed E-state index contributed by atoms with van der Waals surface area (Å²) in [6, 6.07) is 20.1. The van der Waals surface area contributed by atoms with Crippen LogP contribution >= 0.6 is 0 Å². The maximum Gasteiger partial charge on any atom is 0.409 e. The number of hydrogen-bond donors (Lipinski definition) is 1. The van der Waals surface area contributed by atoms with E-state index in [1.54, 1.807) is 37.5 Å². The molecule has 13 heteroatoms. The lowest BCUT2D eigenvalue weighted by atomic mass is 10.1. The molecule has 0 aliphatic carbocycles. The van der Waals surface area contributed by atoms with E-state index in [1.807, 2.05) is 48.5 Å². The van der Waals surface area contributed by atoms with Gasteiger partial charge in [0.2, 0.25) is 11.8 Å². The molecule has 1 aromatic heterocycles. The molecule has 2 saturated heterocycles. The Morgan fingerprint density at radius 3 is 2.13 bits per heavy atom. The van der Waals surface area contributed by atoms with Gasteiger partial charge < -0.3 is 29.3 Å². The topological polar surface area (TPSA) is 144 Å². The van der Waals surface area contributed by atoms with Gasteiger partial charge in [0.25, 0.3) is 5.91 Å². The molecule has 1 atom stereocenters. The second-order valence-corrected chi connectivity index (χ2v) is 14.0. The minimum atomic E-state index is -1.05. The van der Waals surface area contributed by atoms with Crippen molar-refractivity contribution in [3.63, 3.8) is 0 Å². The molecule has 13 nitrogen and oxygen atoms in total. The number of hydrogen-bond acceptors (Lipinski definition) is 10. The molecule has 5 rings (SSSR count). The Balaban J connectivity index is 1.31. The number of amides is 3.